The number of halogens is 1. The number of thioether (sulfide) groups is 1. The second-order valence-electron chi connectivity index (χ2n) is 4.40. The Morgan fingerprint density at radius 3 is 2.74 bits per heavy atom. The quantitative estimate of drug-likeness (QED) is 0.570. The Labute approximate surface area is 118 Å². The number of hydrogen-bond donors (Lipinski definition) is 2. The lowest BCUT2D eigenvalue weighted by atomic mass is 10.1. The van der Waals surface area contributed by atoms with Gasteiger partial charge in [-0.05, 0) is 43.0 Å². The molecule has 3 N–H and O–H groups in total. The van der Waals surface area contributed by atoms with Crippen LogP contribution >= 0.6 is 11.8 Å². The topological polar surface area (TPSA) is 55.1 Å². The molecule has 0 radical (unpaired) electrons. The highest BCUT2D eigenvalue weighted by molar-refractivity contribution is 7.98. The monoisotopic (exact) mass is 284 g/mol. The van der Waals surface area contributed by atoms with Gasteiger partial charge in [0.15, 0.2) is 0 Å². The van der Waals surface area contributed by atoms with Crippen molar-refractivity contribution in [3.8, 4) is 0 Å². The van der Waals surface area contributed by atoms with Gasteiger partial charge in [-0.15, -0.1) is 0 Å². The molecule has 3 nitrogen and oxygen atoms in total. The molecule has 1 aromatic rings. The first-order chi connectivity index (χ1) is 9.15. The summed E-state index contributed by atoms with van der Waals surface area (Å²) in [5.74, 6) is 0.393. The van der Waals surface area contributed by atoms with Gasteiger partial charge in [0.25, 0.3) is 5.91 Å². The molecule has 0 aromatic heterocycles. The van der Waals surface area contributed by atoms with E-state index in [2.05, 4.69) is 11.6 Å². The second-order valence-corrected chi connectivity index (χ2v) is 5.38. The summed E-state index contributed by atoms with van der Waals surface area (Å²) in [6.45, 7) is 0.629. The smallest absolute Gasteiger partial charge is 0.251 e. The molecule has 0 aliphatic rings. The average Bonchev–Trinajstić information content (AvgIpc) is 2.40. The van der Waals surface area contributed by atoms with Crippen LogP contribution in [0.15, 0.2) is 18.2 Å². The highest BCUT2D eigenvalue weighted by Gasteiger charge is 2.07. The third kappa shape index (κ3) is 5.96. The lowest BCUT2D eigenvalue weighted by Gasteiger charge is -2.06. The fourth-order valence-electron chi connectivity index (χ4n) is 1.70. The number of carbonyl (C=O) groups excluding carboxylic acids is 1. The summed E-state index contributed by atoms with van der Waals surface area (Å²) in [6.07, 6.45) is 6.58. The van der Waals surface area contributed by atoms with Crippen molar-refractivity contribution in [3.05, 3.63) is 29.6 Å². The first kappa shape index (κ1) is 15.8. The van der Waals surface area contributed by atoms with Crippen molar-refractivity contribution in [2.24, 2.45) is 0 Å². The van der Waals surface area contributed by atoms with Crippen LogP contribution in [0.1, 0.15) is 36.0 Å². The zero-order valence-corrected chi connectivity index (χ0v) is 12.1. The van der Waals surface area contributed by atoms with Crippen LogP contribution in [0.2, 0.25) is 0 Å². The highest BCUT2D eigenvalue weighted by Crippen LogP contribution is 2.11. The van der Waals surface area contributed by atoms with Crippen LogP contribution < -0.4 is 11.1 Å². The number of carbonyl (C=O) groups is 1. The molecule has 5 heteroatoms. The Balaban J connectivity index is 2.22. The summed E-state index contributed by atoms with van der Waals surface area (Å²) >= 11 is 1.85. The third-order valence-electron chi connectivity index (χ3n) is 2.82. The van der Waals surface area contributed by atoms with E-state index in [1.165, 1.54) is 36.8 Å². The molecule has 1 aromatic carbocycles. The molecule has 0 saturated carbocycles. The van der Waals surface area contributed by atoms with Gasteiger partial charge < -0.3 is 11.1 Å². The van der Waals surface area contributed by atoms with Gasteiger partial charge in [-0.25, -0.2) is 4.39 Å². The molecule has 0 bridgehead atoms. The molecule has 1 rings (SSSR count). The summed E-state index contributed by atoms with van der Waals surface area (Å²) in [7, 11) is 0. The fourth-order valence-corrected chi connectivity index (χ4v) is 2.19. The summed E-state index contributed by atoms with van der Waals surface area (Å²) in [5.41, 5.74) is 5.73. The molecule has 1 amide bonds. The maximum Gasteiger partial charge on any atom is 0.251 e. The minimum Gasteiger partial charge on any atom is -0.396 e. The molecular weight excluding hydrogens is 263 g/mol. The predicted molar refractivity (Wildman–Crippen MR) is 80.0 cm³/mol. The summed E-state index contributed by atoms with van der Waals surface area (Å²) in [5, 5.41) is 2.78. The van der Waals surface area contributed by atoms with Crippen molar-refractivity contribution in [2.45, 2.75) is 25.7 Å². The molecule has 0 heterocycles. The van der Waals surface area contributed by atoms with E-state index in [-0.39, 0.29) is 11.6 Å². The van der Waals surface area contributed by atoms with Crippen LogP contribution in [-0.4, -0.2) is 24.5 Å². The molecule has 0 saturated heterocycles. The first-order valence-electron chi connectivity index (χ1n) is 6.47. The molecule has 0 unspecified atom stereocenters. The number of hydrogen-bond acceptors (Lipinski definition) is 3. The Morgan fingerprint density at radius 1 is 1.32 bits per heavy atom. The SMILES string of the molecule is CSCCCCCCNC(=O)c1ccc(N)c(F)c1. The summed E-state index contributed by atoms with van der Waals surface area (Å²) < 4.78 is 13.2. The van der Waals surface area contributed by atoms with E-state index in [0.717, 1.165) is 12.8 Å². The van der Waals surface area contributed by atoms with Crippen LogP contribution in [0.5, 0.6) is 0 Å². The van der Waals surface area contributed by atoms with Gasteiger partial charge in [-0.2, -0.15) is 11.8 Å². The van der Waals surface area contributed by atoms with Gasteiger partial charge in [0.2, 0.25) is 0 Å². The lowest BCUT2D eigenvalue weighted by Crippen LogP contribution is -2.24. The number of nitrogens with one attached hydrogen (secondary N) is 1. The molecule has 19 heavy (non-hydrogen) atoms. The summed E-state index contributed by atoms with van der Waals surface area (Å²) in [4.78, 5) is 11.7. The molecule has 0 fully saturated rings. The molecular formula is C14H21FN2OS. The average molecular weight is 284 g/mol. The fraction of sp³-hybridized carbons (Fsp3) is 0.500. The van der Waals surface area contributed by atoms with Crippen LogP contribution in [0, 0.1) is 5.82 Å². The molecule has 0 aliphatic carbocycles. The van der Waals surface area contributed by atoms with Crippen LogP contribution in [-0.2, 0) is 0 Å². The standard InChI is InChI=1S/C14H21FN2OS/c1-19-9-5-3-2-4-8-17-14(18)11-6-7-13(16)12(15)10-11/h6-7,10H,2-5,8-9,16H2,1H3,(H,17,18). The second kappa shape index (κ2) is 8.80. The predicted octanol–water partition coefficient (Wildman–Crippen LogP) is 3.06. The van der Waals surface area contributed by atoms with E-state index in [1.54, 1.807) is 0 Å². The van der Waals surface area contributed by atoms with Gasteiger partial charge in [-0.3, -0.25) is 4.79 Å². The number of amides is 1. The van der Waals surface area contributed by atoms with Crippen LogP contribution in [0.25, 0.3) is 0 Å². The maximum absolute atomic E-state index is 13.2. The van der Waals surface area contributed by atoms with Crippen molar-refractivity contribution in [2.75, 3.05) is 24.3 Å². The van der Waals surface area contributed by atoms with E-state index in [0.29, 0.717) is 12.1 Å². The van der Waals surface area contributed by atoms with Crippen molar-refractivity contribution in [1.29, 1.82) is 0 Å². The first-order valence-corrected chi connectivity index (χ1v) is 7.86. The Morgan fingerprint density at radius 2 is 2.05 bits per heavy atom. The molecule has 0 aliphatic heterocycles. The van der Waals surface area contributed by atoms with Gasteiger partial charge in [0, 0.05) is 12.1 Å². The normalized spacial score (nSPS) is 10.4. The molecule has 0 atom stereocenters. The Kier molecular flexibility index (Phi) is 7.33. The van der Waals surface area contributed by atoms with Crippen molar-refractivity contribution < 1.29 is 9.18 Å². The van der Waals surface area contributed by atoms with E-state index in [9.17, 15) is 9.18 Å². The Bertz CT molecular complexity index is 412. The third-order valence-corrected chi connectivity index (χ3v) is 3.52. The van der Waals surface area contributed by atoms with Crippen LogP contribution in [0.4, 0.5) is 10.1 Å². The Hall–Kier alpha value is -1.23. The van der Waals surface area contributed by atoms with Crippen molar-refractivity contribution in [1.82, 2.24) is 5.32 Å². The van der Waals surface area contributed by atoms with Gasteiger partial charge in [-0.1, -0.05) is 12.8 Å². The minimum absolute atomic E-state index is 0.0605. The molecule has 0 spiro atoms. The summed E-state index contributed by atoms with van der Waals surface area (Å²) in [6, 6.07) is 4.11. The minimum atomic E-state index is -0.551. The van der Waals surface area contributed by atoms with E-state index in [4.69, 9.17) is 5.73 Å². The zero-order chi connectivity index (χ0) is 14.1. The number of nitrogen functional groups attached to an aromatic ring is 1. The van der Waals surface area contributed by atoms with Gasteiger partial charge in [0.1, 0.15) is 5.82 Å². The number of unbranched alkanes of at least 4 members (excludes halogenated alkanes) is 3. The largest absolute Gasteiger partial charge is 0.396 e. The van der Waals surface area contributed by atoms with E-state index in [1.807, 2.05) is 11.8 Å². The number of nitrogens with two attached hydrogens (primary N) is 1. The van der Waals surface area contributed by atoms with Crippen molar-refractivity contribution in [3.63, 3.8) is 0 Å². The lowest BCUT2D eigenvalue weighted by molar-refractivity contribution is 0.0952. The van der Waals surface area contributed by atoms with E-state index >= 15 is 0 Å². The number of rotatable bonds is 8. The maximum atomic E-state index is 13.2. The number of benzene rings is 1. The molecule has 106 valence electrons. The van der Waals surface area contributed by atoms with Gasteiger partial charge in [0.05, 0.1) is 5.69 Å². The highest BCUT2D eigenvalue weighted by atomic mass is 32.2. The van der Waals surface area contributed by atoms with Crippen LogP contribution in [0.3, 0.4) is 0 Å². The zero-order valence-electron chi connectivity index (χ0n) is 11.2. The van der Waals surface area contributed by atoms with E-state index < -0.39 is 5.82 Å². The van der Waals surface area contributed by atoms with Crippen molar-refractivity contribution >= 4 is 23.4 Å². The van der Waals surface area contributed by atoms with Gasteiger partial charge >= 0.3 is 0 Å². The number of anilines is 1.